The molecule has 0 radical (unpaired) electrons. The van der Waals surface area contributed by atoms with Crippen LogP contribution in [0, 0.1) is 6.92 Å². The Morgan fingerprint density at radius 1 is 1.07 bits per heavy atom. The van der Waals surface area contributed by atoms with Gasteiger partial charge in [0.2, 0.25) is 0 Å². The first-order valence-corrected chi connectivity index (χ1v) is 10.00. The van der Waals surface area contributed by atoms with Gasteiger partial charge in [0.25, 0.3) is 0 Å². The molecular weight excluding hydrogens is 456 g/mol. The Hall–Kier alpha value is -2.84. The maximum absolute atomic E-state index is 12.4. The molecule has 0 unspecified atom stereocenters. The van der Waals surface area contributed by atoms with Gasteiger partial charge in [-0.25, -0.2) is 9.59 Å². The second-order valence-electron chi connectivity index (χ2n) is 6.38. The molecule has 0 amide bonds. The molecule has 158 valence electrons. The Bertz CT molecular complexity index is 1030. The molecule has 0 bridgehead atoms. The van der Waals surface area contributed by atoms with Crippen molar-refractivity contribution >= 4 is 38.8 Å². The van der Waals surface area contributed by atoms with Crippen LogP contribution in [0.5, 0.6) is 5.75 Å². The highest BCUT2D eigenvalue weighted by Crippen LogP contribution is 2.35. The minimum atomic E-state index is -0.515. The molecular formula is C22H21BrO7. The van der Waals surface area contributed by atoms with Crippen molar-refractivity contribution in [2.75, 3.05) is 26.9 Å². The molecule has 0 atom stereocenters. The summed E-state index contributed by atoms with van der Waals surface area (Å²) in [6, 6.07) is 12.7. The van der Waals surface area contributed by atoms with Gasteiger partial charge in [0.15, 0.2) is 6.61 Å². The third kappa shape index (κ3) is 5.40. The average Bonchev–Trinajstić information content (AvgIpc) is 3.05. The summed E-state index contributed by atoms with van der Waals surface area (Å²) in [6.45, 7) is 2.01. The van der Waals surface area contributed by atoms with Crippen molar-refractivity contribution < 1.29 is 33.0 Å². The summed E-state index contributed by atoms with van der Waals surface area (Å²) in [5, 5.41) is 0.533. The molecule has 0 saturated heterocycles. The SMILES string of the molecule is COCCOC(=O)c1c(C)oc2cc(Br)c(OCC(=O)OCc3ccccc3)cc12. The van der Waals surface area contributed by atoms with Gasteiger partial charge in [-0.1, -0.05) is 30.3 Å². The number of esters is 2. The number of rotatable bonds is 9. The summed E-state index contributed by atoms with van der Waals surface area (Å²) < 4.78 is 27.2. The third-order valence-electron chi connectivity index (χ3n) is 4.23. The van der Waals surface area contributed by atoms with Crippen LogP contribution in [0.3, 0.4) is 0 Å². The van der Waals surface area contributed by atoms with Gasteiger partial charge >= 0.3 is 11.9 Å². The number of halogens is 1. The van der Waals surface area contributed by atoms with Crippen molar-refractivity contribution in [2.45, 2.75) is 13.5 Å². The van der Waals surface area contributed by atoms with E-state index in [1.807, 2.05) is 30.3 Å². The Morgan fingerprint density at radius 3 is 2.57 bits per heavy atom. The number of furan rings is 1. The van der Waals surface area contributed by atoms with E-state index in [1.165, 1.54) is 7.11 Å². The van der Waals surface area contributed by atoms with Gasteiger partial charge in [-0.15, -0.1) is 0 Å². The van der Waals surface area contributed by atoms with Gasteiger partial charge in [-0.05, 0) is 40.5 Å². The maximum Gasteiger partial charge on any atom is 0.344 e. The molecule has 7 nitrogen and oxygen atoms in total. The maximum atomic E-state index is 12.4. The minimum absolute atomic E-state index is 0.134. The van der Waals surface area contributed by atoms with E-state index in [1.54, 1.807) is 19.1 Å². The van der Waals surface area contributed by atoms with Crippen molar-refractivity contribution in [1.82, 2.24) is 0 Å². The number of hydrogen-bond acceptors (Lipinski definition) is 7. The molecule has 30 heavy (non-hydrogen) atoms. The molecule has 0 aliphatic carbocycles. The van der Waals surface area contributed by atoms with E-state index >= 15 is 0 Å². The van der Waals surface area contributed by atoms with Crippen LogP contribution in [-0.4, -0.2) is 38.9 Å². The standard InChI is InChI=1S/C22H21BrO7/c1-14-21(22(25)27-9-8-26-2)16-10-19(17(23)11-18(16)30-14)28-13-20(24)29-12-15-6-4-3-5-7-15/h3-7,10-11H,8-9,12-13H2,1-2H3. The topological polar surface area (TPSA) is 84.2 Å². The highest BCUT2D eigenvalue weighted by atomic mass is 79.9. The number of ether oxygens (including phenoxy) is 4. The van der Waals surface area contributed by atoms with E-state index in [9.17, 15) is 9.59 Å². The fourth-order valence-electron chi connectivity index (χ4n) is 2.79. The zero-order valence-corrected chi connectivity index (χ0v) is 18.2. The molecule has 1 aromatic heterocycles. The molecule has 1 heterocycles. The quantitative estimate of drug-likeness (QED) is 0.333. The molecule has 3 rings (SSSR count). The highest BCUT2D eigenvalue weighted by molar-refractivity contribution is 9.10. The minimum Gasteiger partial charge on any atom is -0.481 e. The van der Waals surface area contributed by atoms with E-state index in [2.05, 4.69) is 15.9 Å². The Morgan fingerprint density at radius 2 is 1.83 bits per heavy atom. The number of carbonyl (C=O) groups excluding carboxylic acids is 2. The smallest absolute Gasteiger partial charge is 0.344 e. The molecule has 2 aromatic carbocycles. The normalized spacial score (nSPS) is 10.8. The van der Waals surface area contributed by atoms with E-state index in [4.69, 9.17) is 23.4 Å². The Kier molecular flexibility index (Phi) is 7.48. The molecule has 0 fully saturated rings. The molecule has 0 saturated carbocycles. The zero-order valence-electron chi connectivity index (χ0n) is 16.6. The first-order chi connectivity index (χ1) is 14.5. The Balaban J connectivity index is 1.69. The number of hydrogen-bond donors (Lipinski definition) is 0. The predicted molar refractivity (Wildman–Crippen MR) is 113 cm³/mol. The van der Waals surface area contributed by atoms with E-state index < -0.39 is 11.9 Å². The summed E-state index contributed by atoms with van der Waals surface area (Å²) in [7, 11) is 1.53. The monoisotopic (exact) mass is 476 g/mol. The number of methoxy groups -OCH3 is 1. The largest absolute Gasteiger partial charge is 0.481 e. The van der Waals surface area contributed by atoms with Gasteiger partial charge < -0.3 is 23.4 Å². The number of aryl methyl sites for hydroxylation is 1. The first-order valence-electron chi connectivity index (χ1n) is 9.20. The lowest BCUT2D eigenvalue weighted by Crippen LogP contribution is -2.15. The van der Waals surface area contributed by atoms with E-state index in [0.29, 0.717) is 39.1 Å². The van der Waals surface area contributed by atoms with Gasteiger partial charge in [-0.3, -0.25) is 0 Å². The zero-order chi connectivity index (χ0) is 21.5. The molecule has 0 aliphatic rings. The van der Waals surface area contributed by atoms with Gasteiger partial charge in [-0.2, -0.15) is 0 Å². The van der Waals surface area contributed by atoms with Crippen LogP contribution in [-0.2, 0) is 25.6 Å². The molecule has 0 spiro atoms. The van der Waals surface area contributed by atoms with Crippen LogP contribution < -0.4 is 4.74 Å². The van der Waals surface area contributed by atoms with Crippen molar-refractivity contribution in [3.05, 3.63) is 63.8 Å². The van der Waals surface area contributed by atoms with Gasteiger partial charge in [0, 0.05) is 12.5 Å². The van der Waals surface area contributed by atoms with E-state index in [-0.39, 0.29) is 19.8 Å². The summed E-state index contributed by atoms with van der Waals surface area (Å²) >= 11 is 3.40. The van der Waals surface area contributed by atoms with Gasteiger partial charge in [0.1, 0.15) is 35.9 Å². The van der Waals surface area contributed by atoms with Crippen molar-refractivity contribution in [3.8, 4) is 5.75 Å². The van der Waals surface area contributed by atoms with Crippen LogP contribution in [0.1, 0.15) is 21.7 Å². The van der Waals surface area contributed by atoms with Crippen molar-refractivity contribution in [2.24, 2.45) is 0 Å². The molecule has 0 N–H and O–H groups in total. The lowest BCUT2D eigenvalue weighted by Gasteiger charge is -2.09. The second kappa shape index (κ2) is 10.3. The summed E-state index contributed by atoms with van der Waals surface area (Å²) in [5.74, 6) is -0.211. The third-order valence-corrected chi connectivity index (χ3v) is 4.85. The second-order valence-corrected chi connectivity index (χ2v) is 7.23. The summed E-state index contributed by atoms with van der Waals surface area (Å²) in [4.78, 5) is 24.5. The fraction of sp³-hybridized carbons (Fsp3) is 0.273. The van der Waals surface area contributed by atoms with Crippen LogP contribution >= 0.6 is 15.9 Å². The molecule has 8 heteroatoms. The molecule has 3 aromatic rings. The fourth-order valence-corrected chi connectivity index (χ4v) is 3.23. The summed E-state index contributed by atoms with van der Waals surface area (Å²) in [6.07, 6.45) is 0. The van der Waals surface area contributed by atoms with Crippen LogP contribution in [0.15, 0.2) is 51.4 Å². The lowest BCUT2D eigenvalue weighted by molar-refractivity contribution is -0.147. The van der Waals surface area contributed by atoms with Crippen molar-refractivity contribution in [1.29, 1.82) is 0 Å². The Labute approximate surface area is 182 Å². The highest BCUT2D eigenvalue weighted by Gasteiger charge is 2.21. The number of benzene rings is 2. The van der Waals surface area contributed by atoms with Crippen LogP contribution in [0.25, 0.3) is 11.0 Å². The van der Waals surface area contributed by atoms with Gasteiger partial charge in [0.05, 0.1) is 11.1 Å². The van der Waals surface area contributed by atoms with Crippen LogP contribution in [0.2, 0.25) is 0 Å². The lowest BCUT2D eigenvalue weighted by atomic mass is 10.1. The molecule has 0 aliphatic heterocycles. The predicted octanol–water partition coefficient (Wildman–Crippen LogP) is 4.43. The van der Waals surface area contributed by atoms with Crippen molar-refractivity contribution in [3.63, 3.8) is 0 Å². The average molecular weight is 477 g/mol. The first kappa shape index (κ1) is 21.9. The summed E-state index contributed by atoms with van der Waals surface area (Å²) in [5.41, 5.74) is 1.70. The number of fused-ring (bicyclic) bond motifs is 1. The number of carbonyl (C=O) groups is 2. The van der Waals surface area contributed by atoms with Crippen LogP contribution in [0.4, 0.5) is 0 Å². The van der Waals surface area contributed by atoms with E-state index in [0.717, 1.165) is 5.56 Å².